The van der Waals surface area contributed by atoms with E-state index >= 15 is 0 Å². The van der Waals surface area contributed by atoms with E-state index < -0.39 is 0 Å². The molecule has 4 rings (SSSR count). The first-order valence-electron chi connectivity index (χ1n) is 7.95. The molecule has 2 atom stereocenters. The van der Waals surface area contributed by atoms with Crippen molar-refractivity contribution in [3.05, 3.63) is 30.1 Å². The van der Waals surface area contributed by atoms with Gasteiger partial charge in [-0.2, -0.15) is 0 Å². The van der Waals surface area contributed by atoms with Gasteiger partial charge in [0.25, 0.3) is 0 Å². The Balaban J connectivity index is 1.45. The van der Waals surface area contributed by atoms with Crippen LogP contribution in [0.5, 0.6) is 0 Å². The number of aryl methyl sites for hydroxylation is 1. The van der Waals surface area contributed by atoms with Crippen LogP contribution in [0, 0.1) is 11.8 Å². The molecule has 2 aliphatic rings. The second-order valence-corrected chi connectivity index (χ2v) is 6.56. The summed E-state index contributed by atoms with van der Waals surface area (Å²) in [5.74, 6) is 2.96. The predicted molar refractivity (Wildman–Crippen MR) is 81.7 cm³/mol. The minimum absolute atomic E-state index is 0.830. The lowest BCUT2D eigenvalue weighted by molar-refractivity contribution is 0.167. The zero-order valence-corrected chi connectivity index (χ0v) is 12.2. The van der Waals surface area contributed by atoms with Gasteiger partial charge >= 0.3 is 0 Å². The fourth-order valence-corrected chi connectivity index (χ4v) is 3.39. The Kier molecular flexibility index (Phi) is 3.03. The molecule has 3 nitrogen and oxygen atoms in total. The summed E-state index contributed by atoms with van der Waals surface area (Å²) in [5, 5.41) is 3.69. The van der Waals surface area contributed by atoms with Crippen molar-refractivity contribution in [1.29, 1.82) is 0 Å². The Morgan fingerprint density at radius 2 is 1.95 bits per heavy atom. The van der Waals surface area contributed by atoms with Crippen LogP contribution in [0.4, 0.5) is 0 Å². The largest absolute Gasteiger partial charge is 0.331 e. The molecule has 2 aromatic rings. The number of imidazole rings is 1. The number of para-hydroxylation sites is 2. The predicted octanol–water partition coefficient (Wildman–Crippen LogP) is 2.89. The normalized spacial score (nSPS) is 25.9. The van der Waals surface area contributed by atoms with Gasteiger partial charge in [-0.15, -0.1) is 0 Å². The highest BCUT2D eigenvalue weighted by Gasteiger charge is 2.33. The summed E-state index contributed by atoms with van der Waals surface area (Å²) in [6.07, 6.45) is 6.70. The number of aromatic nitrogens is 2. The fourth-order valence-electron chi connectivity index (χ4n) is 3.39. The summed E-state index contributed by atoms with van der Waals surface area (Å²) >= 11 is 0. The van der Waals surface area contributed by atoms with Crippen LogP contribution in [0.25, 0.3) is 11.0 Å². The van der Waals surface area contributed by atoms with Crippen molar-refractivity contribution in [3.63, 3.8) is 0 Å². The van der Waals surface area contributed by atoms with Crippen molar-refractivity contribution in [3.8, 4) is 0 Å². The quantitative estimate of drug-likeness (QED) is 0.904. The molecule has 1 heterocycles. The van der Waals surface area contributed by atoms with E-state index in [9.17, 15) is 0 Å². The molecule has 2 aliphatic carbocycles. The maximum atomic E-state index is 4.82. The van der Waals surface area contributed by atoms with E-state index in [1.165, 1.54) is 43.6 Å². The number of benzene rings is 1. The lowest BCUT2D eigenvalue weighted by Gasteiger charge is -2.36. The van der Waals surface area contributed by atoms with Crippen LogP contribution in [0.2, 0.25) is 0 Å². The standard InChI is InChI=1S/C17H23N3/c1-20-16-5-3-2-4-15(16)19-17(20)10-12-6-7-13(12)11-18-14-8-9-14/h2-5,12-14,18H,6-11H2,1H3. The minimum Gasteiger partial charge on any atom is -0.331 e. The van der Waals surface area contributed by atoms with Gasteiger partial charge in [0, 0.05) is 19.5 Å². The molecule has 2 unspecified atom stereocenters. The number of hydrogen-bond donors (Lipinski definition) is 1. The van der Waals surface area contributed by atoms with E-state index in [-0.39, 0.29) is 0 Å². The van der Waals surface area contributed by atoms with Crippen LogP contribution in [-0.2, 0) is 13.5 Å². The number of hydrogen-bond acceptors (Lipinski definition) is 2. The molecule has 0 aliphatic heterocycles. The zero-order valence-electron chi connectivity index (χ0n) is 12.2. The lowest BCUT2D eigenvalue weighted by Crippen LogP contribution is -2.37. The highest BCUT2D eigenvalue weighted by Crippen LogP contribution is 2.37. The van der Waals surface area contributed by atoms with E-state index in [1.54, 1.807) is 0 Å². The van der Waals surface area contributed by atoms with E-state index in [0.29, 0.717) is 0 Å². The first-order valence-corrected chi connectivity index (χ1v) is 7.95. The summed E-state index contributed by atoms with van der Waals surface area (Å²) in [6, 6.07) is 9.29. The van der Waals surface area contributed by atoms with Gasteiger partial charge in [-0.05, 0) is 56.2 Å². The maximum absolute atomic E-state index is 4.82. The average Bonchev–Trinajstić information content (AvgIpc) is 3.21. The second kappa shape index (κ2) is 4.88. The molecular weight excluding hydrogens is 246 g/mol. The third kappa shape index (κ3) is 2.24. The van der Waals surface area contributed by atoms with Crippen LogP contribution in [0.1, 0.15) is 31.5 Å². The van der Waals surface area contributed by atoms with E-state index in [0.717, 1.165) is 29.8 Å². The van der Waals surface area contributed by atoms with Gasteiger partial charge in [0.2, 0.25) is 0 Å². The Morgan fingerprint density at radius 1 is 1.15 bits per heavy atom. The van der Waals surface area contributed by atoms with Gasteiger partial charge in [0.15, 0.2) is 0 Å². The summed E-state index contributed by atoms with van der Waals surface area (Å²) in [4.78, 5) is 4.82. The highest BCUT2D eigenvalue weighted by molar-refractivity contribution is 5.75. The summed E-state index contributed by atoms with van der Waals surface area (Å²) in [7, 11) is 2.15. The molecule has 0 radical (unpaired) electrons. The molecule has 2 fully saturated rings. The monoisotopic (exact) mass is 269 g/mol. The highest BCUT2D eigenvalue weighted by atomic mass is 15.1. The first kappa shape index (κ1) is 12.4. The van der Waals surface area contributed by atoms with Gasteiger partial charge < -0.3 is 9.88 Å². The molecule has 1 aromatic heterocycles. The minimum atomic E-state index is 0.830. The molecular formula is C17H23N3. The average molecular weight is 269 g/mol. The first-order chi connectivity index (χ1) is 9.81. The number of rotatable bonds is 5. The number of nitrogens with zero attached hydrogens (tertiary/aromatic N) is 2. The van der Waals surface area contributed by atoms with Crippen molar-refractivity contribution in [2.24, 2.45) is 18.9 Å². The molecule has 0 bridgehead atoms. The lowest BCUT2D eigenvalue weighted by atomic mass is 9.71. The third-order valence-corrected chi connectivity index (χ3v) is 5.15. The van der Waals surface area contributed by atoms with Crippen molar-refractivity contribution in [1.82, 2.24) is 14.9 Å². The molecule has 0 saturated heterocycles. The molecule has 1 N–H and O–H groups in total. The van der Waals surface area contributed by atoms with Crippen LogP contribution in [0.15, 0.2) is 24.3 Å². The van der Waals surface area contributed by atoms with E-state index in [1.807, 2.05) is 0 Å². The van der Waals surface area contributed by atoms with Crippen LogP contribution >= 0.6 is 0 Å². The number of nitrogens with one attached hydrogen (secondary N) is 1. The van der Waals surface area contributed by atoms with Crippen LogP contribution < -0.4 is 5.32 Å². The molecule has 106 valence electrons. The molecule has 1 aromatic carbocycles. The Bertz CT molecular complexity index is 612. The smallest absolute Gasteiger partial charge is 0.109 e. The second-order valence-electron chi connectivity index (χ2n) is 6.56. The molecule has 0 spiro atoms. The summed E-state index contributed by atoms with van der Waals surface area (Å²) < 4.78 is 2.28. The molecule has 3 heteroatoms. The SMILES string of the molecule is Cn1c(CC2CCC2CNC2CC2)nc2ccccc21. The van der Waals surface area contributed by atoms with Crippen molar-refractivity contribution in [2.45, 2.75) is 38.1 Å². The maximum Gasteiger partial charge on any atom is 0.109 e. The van der Waals surface area contributed by atoms with Crippen LogP contribution in [0.3, 0.4) is 0 Å². The van der Waals surface area contributed by atoms with E-state index in [2.05, 4.69) is 41.2 Å². The van der Waals surface area contributed by atoms with Gasteiger partial charge in [0.05, 0.1) is 11.0 Å². The fraction of sp³-hybridized carbons (Fsp3) is 0.588. The van der Waals surface area contributed by atoms with Gasteiger partial charge in [0.1, 0.15) is 5.82 Å². The zero-order chi connectivity index (χ0) is 13.5. The molecule has 20 heavy (non-hydrogen) atoms. The summed E-state index contributed by atoms with van der Waals surface area (Å²) in [5.41, 5.74) is 2.39. The third-order valence-electron chi connectivity index (χ3n) is 5.15. The van der Waals surface area contributed by atoms with Gasteiger partial charge in [-0.1, -0.05) is 12.1 Å². The van der Waals surface area contributed by atoms with Crippen molar-refractivity contribution >= 4 is 11.0 Å². The Labute approximate surface area is 120 Å². The topological polar surface area (TPSA) is 29.9 Å². The molecule has 0 amide bonds. The van der Waals surface area contributed by atoms with Gasteiger partial charge in [-0.25, -0.2) is 4.98 Å². The molecule has 2 saturated carbocycles. The van der Waals surface area contributed by atoms with Crippen molar-refractivity contribution < 1.29 is 0 Å². The van der Waals surface area contributed by atoms with Crippen molar-refractivity contribution in [2.75, 3.05) is 6.54 Å². The van der Waals surface area contributed by atoms with Gasteiger partial charge in [-0.3, -0.25) is 0 Å². The van der Waals surface area contributed by atoms with E-state index in [4.69, 9.17) is 4.98 Å². The number of fused-ring (bicyclic) bond motifs is 1. The Hall–Kier alpha value is -1.35. The Morgan fingerprint density at radius 3 is 2.65 bits per heavy atom. The summed E-state index contributed by atoms with van der Waals surface area (Å²) in [6.45, 7) is 1.22. The van der Waals surface area contributed by atoms with Crippen LogP contribution in [-0.4, -0.2) is 22.1 Å².